The molecule has 196 valence electrons. The lowest BCUT2D eigenvalue weighted by atomic mass is 9.94. The molecule has 4 aromatic rings. The van der Waals surface area contributed by atoms with Crippen LogP contribution in [0.2, 0.25) is 5.02 Å². The molecule has 5 rings (SSSR count). The first-order valence-electron chi connectivity index (χ1n) is 11.9. The molecule has 1 atom stereocenters. The summed E-state index contributed by atoms with van der Waals surface area (Å²) in [5.41, 5.74) is 3.30. The number of fused-ring (bicyclic) bond motifs is 1. The molecule has 3 heterocycles. The molecule has 0 saturated carbocycles. The summed E-state index contributed by atoms with van der Waals surface area (Å²) >= 11 is 6.59. The monoisotopic (exact) mass is 553 g/mol. The number of nitrogens with zero attached hydrogens (tertiary/aromatic N) is 5. The average Bonchev–Trinajstić information content (AvgIpc) is 2.90. The van der Waals surface area contributed by atoms with Crippen molar-refractivity contribution < 1.29 is 8.78 Å². The summed E-state index contributed by atoms with van der Waals surface area (Å²) in [7, 11) is 1.63. The van der Waals surface area contributed by atoms with Gasteiger partial charge in [-0.05, 0) is 54.4 Å². The maximum absolute atomic E-state index is 13.7. The SMILES string of the molecule is C[C@H]1CN(c2c(Cl)c(=O)n(C)c3ccc(C#N)nc23)CCN1C(c1ccc(F)cc1)c1ccc(F)cc1.S. The molecule has 6 nitrogen and oxygen atoms in total. The van der Waals surface area contributed by atoms with Gasteiger partial charge in [0.15, 0.2) is 0 Å². The van der Waals surface area contributed by atoms with Gasteiger partial charge in [0, 0.05) is 32.7 Å². The normalized spacial score (nSPS) is 15.9. The molecule has 38 heavy (non-hydrogen) atoms. The summed E-state index contributed by atoms with van der Waals surface area (Å²) in [5.74, 6) is -0.646. The quantitative estimate of drug-likeness (QED) is 0.350. The van der Waals surface area contributed by atoms with Crippen molar-refractivity contribution >= 4 is 41.8 Å². The number of halogens is 3. The molecular formula is C28H26ClF2N5OS. The number of aryl methyl sites for hydroxylation is 1. The first-order chi connectivity index (χ1) is 17.8. The highest BCUT2D eigenvalue weighted by atomic mass is 35.5. The molecule has 2 aromatic heterocycles. The number of aromatic nitrogens is 2. The predicted octanol–water partition coefficient (Wildman–Crippen LogP) is 5.15. The van der Waals surface area contributed by atoms with Gasteiger partial charge in [0.25, 0.3) is 5.56 Å². The molecule has 0 unspecified atom stereocenters. The smallest absolute Gasteiger partial charge is 0.271 e. The van der Waals surface area contributed by atoms with Gasteiger partial charge in [0.05, 0.1) is 17.2 Å². The standard InChI is InChI=1S/C28H24ClF2N5O.H2S/c1-17-16-35(27-24(29)28(37)34(2)23-12-11-22(15-32)33-25(23)27)13-14-36(17)26(18-3-7-20(30)8-4-18)19-5-9-21(31)10-6-19;/h3-12,17,26H,13-14,16H2,1-2H3;1H2/t17-;/m0./s1. The number of piperazine rings is 1. The van der Waals surface area contributed by atoms with Crippen LogP contribution >= 0.6 is 25.1 Å². The second-order valence-electron chi connectivity index (χ2n) is 9.24. The minimum absolute atomic E-state index is 0. The van der Waals surface area contributed by atoms with Crippen LogP contribution in [0, 0.1) is 23.0 Å². The van der Waals surface area contributed by atoms with E-state index in [1.807, 2.05) is 4.90 Å². The lowest BCUT2D eigenvalue weighted by molar-refractivity contribution is 0.150. The third-order valence-corrected chi connectivity index (χ3v) is 7.31. The molecule has 0 bridgehead atoms. The van der Waals surface area contributed by atoms with Gasteiger partial charge >= 0.3 is 0 Å². The summed E-state index contributed by atoms with van der Waals surface area (Å²) in [5, 5.41) is 9.46. The first kappa shape index (κ1) is 27.6. The topological polar surface area (TPSA) is 65.2 Å². The van der Waals surface area contributed by atoms with Gasteiger partial charge in [-0.2, -0.15) is 18.8 Å². The summed E-state index contributed by atoms with van der Waals surface area (Å²) in [6.45, 7) is 3.71. The largest absolute Gasteiger partial charge is 0.366 e. The van der Waals surface area contributed by atoms with E-state index in [2.05, 4.69) is 22.9 Å². The second kappa shape index (κ2) is 11.1. The maximum Gasteiger partial charge on any atom is 0.271 e. The average molecular weight is 554 g/mol. The zero-order chi connectivity index (χ0) is 26.3. The van der Waals surface area contributed by atoms with Gasteiger partial charge in [-0.1, -0.05) is 35.9 Å². The summed E-state index contributed by atoms with van der Waals surface area (Å²) < 4.78 is 28.9. The third kappa shape index (κ3) is 4.99. The highest BCUT2D eigenvalue weighted by Crippen LogP contribution is 2.36. The summed E-state index contributed by atoms with van der Waals surface area (Å²) in [6, 6.07) is 17.8. The van der Waals surface area contributed by atoms with E-state index in [9.17, 15) is 18.8 Å². The van der Waals surface area contributed by atoms with E-state index in [1.165, 1.54) is 28.8 Å². The van der Waals surface area contributed by atoms with Crippen LogP contribution in [0.25, 0.3) is 11.0 Å². The Morgan fingerprint density at radius 2 is 1.58 bits per heavy atom. The van der Waals surface area contributed by atoms with Gasteiger partial charge in [-0.3, -0.25) is 9.69 Å². The second-order valence-corrected chi connectivity index (χ2v) is 9.62. The van der Waals surface area contributed by atoms with Crippen molar-refractivity contribution in [2.75, 3.05) is 24.5 Å². The van der Waals surface area contributed by atoms with Crippen LogP contribution in [-0.2, 0) is 7.05 Å². The number of hydrogen-bond acceptors (Lipinski definition) is 5. The minimum atomic E-state index is -0.332. The fraction of sp³-hybridized carbons (Fsp3) is 0.250. The van der Waals surface area contributed by atoms with E-state index in [-0.39, 0.29) is 53.5 Å². The van der Waals surface area contributed by atoms with Crippen LogP contribution in [0.15, 0.2) is 65.5 Å². The molecule has 0 radical (unpaired) electrons. The van der Waals surface area contributed by atoms with E-state index in [0.717, 1.165) is 11.1 Å². The lowest BCUT2D eigenvalue weighted by Gasteiger charge is -2.45. The minimum Gasteiger partial charge on any atom is -0.366 e. The Morgan fingerprint density at radius 3 is 2.11 bits per heavy atom. The maximum atomic E-state index is 13.7. The summed E-state index contributed by atoms with van der Waals surface area (Å²) in [4.78, 5) is 21.7. The molecule has 1 aliphatic heterocycles. The van der Waals surface area contributed by atoms with Crippen molar-refractivity contribution in [3.8, 4) is 6.07 Å². The van der Waals surface area contributed by atoms with Crippen LogP contribution in [0.1, 0.15) is 29.8 Å². The van der Waals surface area contributed by atoms with Crippen molar-refractivity contribution in [3.05, 3.63) is 104 Å². The Labute approximate surface area is 231 Å². The number of anilines is 1. The van der Waals surface area contributed by atoms with Crippen LogP contribution < -0.4 is 10.5 Å². The molecule has 0 amide bonds. The van der Waals surface area contributed by atoms with Crippen molar-refractivity contribution in [1.29, 1.82) is 5.26 Å². The number of pyridine rings is 2. The molecule has 0 aliphatic carbocycles. The van der Waals surface area contributed by atoms with Crippen LogP contribution in [-0.4, -0.2) is 40.1 Å². The Bertz CT molecular complexity index is 1520. The van der Waals surface area contributed by atoms with Gasteiger partial charge in [0.2, 0.25) is 0 Å². The van der Waals surface area contributed by atoms with E-state index >= 15 is 0 Å². The fourth-order valence-corrected chi connectivity index (χ4v) is 5.47. The van der Waals surface area contributed by atoms with Gasteiger partial charge in [-0.15, -0.1) is 0 Å². The molecule has 1 saturated heterocycles. The molecule has 10 heteroatoms. The molecule has 0 N–H and O–H groups in total. The third-order valence-electron chi connectivity index (χ3n) is 6.97. The molecule has 1 aliphatic rings. The molecular weight excluding hydrogens is 528 g/mol. The Kier molecular flexibility index (Phi) is 8.07. The Balaban J connectivity index is 0.00000336. The van der Waals surface area contributed by atoms with Gasteiger partial charge in [-0.25, -0.2) is 13.8 Å². The van der Waals surface area contributed by atoms with Crippen molar-refractivity contribution in [2.24, 2.45) is 7.05 Å². The lowest BCUT2D eigenvalue weighted by Crippen LogP contribution is -2.53. The zero-order valence-corrected chi connectivity index (χ0v) is 22.6. The number of benzene rings is 2. The first-order valence-corrected chi connectivity index (χ1v) is 12.3. The Morgan fingerprint density at radius 1 is 1.00 bits per heavy atom. The van der Waals surface area contributed by atoms with Gasteiger partial charge in [0.1, 0.15) is 33.9 Å². The molecule has 0 spiro atoms. The summed E-state index contributed by atoms with van der Waals surface area (Å²) in [6.07, 6.45) is 0. The van der Waals surface area contributed by atoms with E-state index in [0.29, 0.717) is 36.4 Å². The van der Waals surface area contributed by atoms with Crippen molar-refractivity contribution in [1.82, 2.24) is 14.5 Å². The van der Waals surface area contributed by atoms with E-state index in [4.69, 9.17) is 11.6 Å². The fourth-order valence-electron chi connectivity index (χ4n) is 5.13. The predicted molar refractivity (Wildman–Crippen MR) is 150 cm³/mol. The van der Waals surface area contributed by atoms with Crippen LogP contribution in [0.4, 0.5) is 14.5 Å². The number of rotatable bonds is 4. The zero-order valence-electron chi connectivity index (χ0n) is 20.8. The number of hydrogen-bond donors (Lipinski definition) is 0. The van der Waals surface area contributed by atoms with Crippen molar-refractivity contribution in [3.63, 3.8) is 0 Å². The highest BCUT2D eigenvalue weighted by molar-refractivity contribution is 7.59. The van der Waals surface area contributed by atoms with E-state index in [1.54, 1.807) is 43.4 Å². The number of nitriles is 1. The van der Waals surface area contributed by atoms with E-state index < -0.39 is 0 Å². The van der Waals surface area contributed by atoms with Crippen LogP contribution in [0.3, 0.4) is 0 Å². The van der Waals surface area contributed by atoms with Crippen molar-refractivity contribution in [2.45, 2.75) is 19.0 Å². The molecule has 2 aromatic carbocycles. The Hall–Kier alpha value is -3.45. The van der Waals surface area contributed by atoms with Crippen LogP contribution in [0.5, 0.6) is 0 Å². The van der Waals surface area contributed by atoms with Gasteiger partial charge < -0.3 is 9.47 Å². The highest BCUT2D eigenvalue weighted by Gasteiger charge is 2.33. The molecule has 1 fully saturated rings.